The van der Waals surface area contributed by atoms with Crippen molar-refractivity contribution in [2.45, 2.75) is 31.6 Å². The van der Waals surface area contributed by atoms with Gasteiger partial charge in [-0.15, -0.1) is 0 Å². The topological polar surface area (TPSA) is 147 Å². The number of benzene rings is 1. The molecule has 11 nitrogen and oxygen atoms in total. The van der Waals surface area contributed by atoms with Crippen molar-refractivity contribution in [1.82, 2.24) is 10.0 Å². The van der Waals surface area contributed by atoms with Crippen LogP contribution in [-0.2, 0) is 33.7 Å². The molecule has 0 radical (unpaired) electrons. The number of nitrogens with one attached hydrogen (secondary N) is 2. The molecule has 0 saturated carbocycles. The Balaban J connectivity index is 1.87. The van der Waals surface area contributed by atoms with Crippen molar-refractivity contribution in [1.29, 1.82) is 0 Å². The highest BCUT2D eigenvalue weighted by Gasteiger charge is 2.13. The molecule has 0 unspecified atom stereocenters. The predicted octanol–water partition coefficient (Wildman–Crippen LogP) is 1.45. The number of hydrogen-bond acceptors (Lipinski definition) is 9. The van der Waals surface area contributed by atoms with Crippen LogP contribution in [-0.4, -0.2) is 87.1 Å². The van der Waals surface area contributed by atoms with Gasteiger partial charge in [0.2, 0.25) is 10.0 Å². The number of alkyl carbamates (subject to hydrolysis) is 1. The van der Waals surface area contributed by atoms with Gasteiger partial charge in [0.1, 0.15) is 0 Å². The molecule has 0 spiro atoms. The van der Waals surface area contributed by atoms with E-state index < -0.39 is 16.1 Å². The number of carbonyl (C=O) groups excluding carboxylic acids is 1. The van der Waals surface area contributed by atoms with Crippen LogP contribution in [0, 0.1) is 6.92 Å². The zero-order valence-corrected chi connectivity index (χ0v) is 21.0. The van der Waals surface area contributed by atoms with E-state index in [1.54, 1.807) is 13.0 Å². The third-order valence-corrected chi connectivity index (χ3v) is 5.91. The van der Waals surface area contributed by atoms with Crippen molar-refractivity contribution in [2.75, 3.05) is 78.3 Å². The van der Waals surface area contributed by atoms with Crippen LogP contribution in [0.3, 0.4) is 0 Å². The number of nitrogens with two attached hydrogens (primary N) is 1. The maximum absolute atomic E-state index is 12.2. The second kappa shape index (κ2) is 18.4. The fourth-order valence-corrected chi connectivity index (χ4v) is 3.59. The third-order valence-electron chi connectivity index (χ3n) is 4.45. The van der Waals surface area contributed by atoms with Gasteiger partial charge in [-0.1, -0.05) is 13.3 Å². The molecule has 4 N–H and O–H groups in total. The first-order chi connectivity index (χ1) is 16.4. The summed E-state index contributed by atoms with van der Waals surface area (Å²) >= 11 is 0. The molecule has 0 aliphatic heterocycles. The van der Waals surface area contributed by atoms with Crippen LogP contribution >= 0.6 is 0 Å². The van der Waals surface area contributed by atoms with Gasteiger partial charge in [0.25, 0.3) is 0 Å². The van der Waals surface area contributed by atoms with Gasteiger partial charge < -0.3 is 34.7 Å². The molecular formula is C22H39N3O8S. The molecule has 1 aromatic rings. The zero-order chi connectivity index (χ0) is 25.1. The number of unbranched alkanes of at least 4 members (excludes halogenated alkanes) is 1. The van der Waals surface area contributed by atoms with Crippen LogP contribution in [0.15, 0.2) is 23.1 Å². The number of amides is 1. The molecule has 196 valence electrons. The Labute approximate surface area is 202 Å². The lowest BCUT2D eigenvalue weighted by Crippen LogP contribution is -2.28. The third kappa shape index (κ3) is 14.3. The molecule has 0 saturated heterocycles. The largest absolute Gasteiger partial charge is 0.450 e. The molecule has 0 fully saturated rings. The molecule has 0 heterocycles. The van der Waals surface area contributed by atoms with Crippen LogP contribution < -0.4 is 15.8 Å². The summed E-state index contributed by atoms with van der Waals surface area (Å²) in [5.41, 5.74) is 6.97. The van der Waals surface area contributed by atoms with Crippen molar-refractivity contribution in [3.05, 3.63) is 23.8 Å². The van der Waals surface area contributed by atoms with Crippen molar-refractivity contribution in [3.63, 3.8) is 0 Å². The van der Waals surface area contributed by atoms with E-state index in [0.29, 0.717) is 70.7 Å². The quantitative estimate of drug-likeness (QED) is 0.177. The number of sulfonamides is 1. The van der Waals surface area contributed by atoms with E-state index in [1.165, 1.54) is 12.1 Å². The SMILES string of the molecule is CCCCOC(=O)NCCOCCOCCOCCOCCNS(=O)(=O)c1ccc(N)c(C)c1. The number of hydrogen-bond donors (Lipinski definition) is 3. The minimum absolute atomic E-state index is 0.157. The van der Waals surface area contributed by atoms with Gasteiger partial charge in [-0.05, 0) is 37.1 Å². The minimum Gasteiger partial charge on any atom is -0.450 e. The van der Waals surface area contributed by atoms with Crippen LogP contribution in [0.2, 0.25) is 0 Å². The minimum atomic E-state index is -3.59. The van der Waals surface area contributed by atoms with E-state index in [-0.39, 0.29) is 18.0 Å². The monoisotopic (exact) mass is 505 g/mol. The fourth-order valence-electron chi connectivity index (χ4n) is 2.49. The van der Waals surface area contributed by atoms with Gasteiger partial charge in [-0.25, -0.2) is 17.9 Å². The lowest BCUT2D eigenvalue weighted by atomic mass is 10.2. The molecule has 0 aromatic heterocycles. The number of ether oxygens (including phenoxy) is 5. The number of aryl methyl sites for hydroxylation is 1. The van der Waals surface area contributed by atoms with Crippen LogP contribution in [0.25, 0.3) is 0 Å². The summed E-state index contributed by atoms with van der Waals surface area (Å²) in [6, 6.07) is 4.58. The summed E-state index contributed by atoms with van der Waals surface area (Å²) in [6.45, 7) is 7.78. The Hall–Kier alpha value is -1.96. The van der Waals surface area contributed by atoms with E-state index >= 15 is 0 Å². The number of carbonyl (C=O) groups is 1. The molecule has 0 bridgehead atoms. The molecule has 0 aliphatic rings. The smallest absolute Gasteiger partial charge is 0.407 e. The summed E-state index contributed by atoms with van der Waals surface area (Å²) in [6.07, 6.45) is 1.41. The number of rotatable bonds is 20. The Bertz CT molecular complexity index is 792. The standard InChI is InChI=1S/C22H39N3O8S/c1-3-4-9-33-22(26)24-7-10-29-12-14-31-16-17-32-15-13-30-11-8-25-34(27,28)20-5-6-21(23)19(2)18-20/h5-6,18,25H,3-4,7-17,23H2,1-2H3,(H,24,26). The van der Waals surface area contributed by atoms with Gasteiger partial charge in [-0.3, -0.25) is 0 Å². The van der Waals surface area contributed by atoms with E-state index in [0.717, 1.165) is 12.8 Å². The average Bonchev–Trinajstić information content (AvgIpc) is 2.80. The first-order valence-electron chi connectivity index (χ1n) is 11.4. The van der Waals surface area contributed by atoms with Gasteiger partial charge in [-0.2, -0.15) is 0 Å². The average molecular weight is 506 g/mol. The van der Waals surface area contributed by atoms with E-state index in [9.17, 15) is 13.2 Å². The number of nitrogen functional groups attached to an aromatic ring is 1. The second-order valence-corrected chi connectivity index (χ2v) is 9.05. The van der Waals surface area contributed by atoms with Crippen molar-refractivity contribution >= 4 is 21.8 Å². The predicted molar refractivity (Wildman–Crippen MR) is 128 cm³/mol. The number of anilines is 1. The molecule has 34 heavy (non-hydrogen) atoms. The van der Waals surface area contributed by atoms with Crippen LogP contribution in [0.4, 0.5) is 10.5 Å². The molecule has 1 aromatic carbocycles. The first kappa shape index (κ1) is 30.1. The van der Waals surface area contributed by atoms with Crippen LogP contribution in [0.5, 0.6) is 0 Å². The highest BCUT2D eigenvalue weighted by Crippen LogP contribution is 2.16. The van der Waals surface area contributed by atoms with Gasteiger partial charge >= 0.3 is 6.09 Å². The maximum atomic E-state index is 12.2. The molecule has 0 aliphatic carbocycles. The molecule has 1 rings (SSSR count). The summed E-state index contributed by atoms with van der Waals surface area (Å²) in [5, 5.41) is 2.61. The summed E-state index contributed by atoms with van der Waals surface area (Å²) in [7, 11) is -3.59. The maximum Gasteiger partial charge on any atom is 0.407 e. The van der Waals surface area contributed by atoms with E-state index in [2.05, 4.69) is 10.0 Å². The van der Waals surface area contributed by atoms with Gasteiger partial charge in [0.15, 0.2) is 0 Å². The van der Waals surface area contributed by atoms with E-state index in [1.807, 2.05) is 6.92 Å². The molecular weight excluding hydrogens is 466 g/mol. The lowest BCUT2D eigenvalue weighted by Gasteiger charge is -2.10. The van der Waals surface area contributed by atoms with Crippen molar-refractivity contribution in [3.8, 4) is 0 Å². The molecule has 12 heteroatoms. The van der Waals surface area contributed by atoms with Gasteiger partial charge in [0, 0.05) is 18.8 Å². The lowest BCUT2D eigenvalue weighted by molar-refractivity contribution is -0.000827. The summed E-state index contributed by atoms with van der Waals surface area (Å²) in [5.74, 6) is 0. The summed E-state index contributed by atoms with van der Waals surface area (Å²) < 4.78 is 53.4. The molecule has 1 amide bonds. The van der Waals surface area contributed by atoms with Crippen molar-refractivity contribution in [2.24, 2.45) is 0 Å². The Morgan fingerprint density at radius 2 is 1.44 bits per heavy atom. The first-order valence-corrected chi connectivity index (χ1v) is 12.9. The Kier molecular flexibility index (Phi) is 16.3. The van der Waals surface area contributed by atoms with E-state index in [4.69, 9.17) is 29.4 Å². The zero-order valence-electron chi connectivity index (χ0n) is 20.2. The van der Waals surface area contributed by atoms with Crippen molar-refractivity contribution < 1.29 is 36.9 Å². The fraction of sp³-hybridized carbons (Fsp3) is 0.682. The van der Waals surface area contributed by atoms with Gasteiger partial charge in [0.05, 0.1) is 64.4 Å². The van der Waals surface area contributed by atoms with Crippen LogP contribution in [0.1, 0.15) is 25.3 Å². The summed E-state index contributed by atoms with van der Waals surface area (Å²) in [4.78, 5) is 11.5. The Morgan fingerprint density at radius 3 is 2.00 bits per heavy atom. The highest BCUT2D eigenvalue weighted by atomic mass is 32.2. The normalized spacial score (nSPS) is 11.5. The second-order valence-electron chi connectivity index (χ2n) is 7.28. The molecule has 0 atom stereocenters. The Morgan fingerprint density at radius 1 is 0.882 bits per heavy atom. The highest BCUT2D eigenvalue weighted by molar-refractivity contribution is 7.89.